The Balaban J connectivity index is 1.90. The van der Waals surface area contributed by atoms with E-state index < -0.39 is 17.9 Å². The van der Waals surface area contributed by atoms with Gasteiger partial charge in [-0.25, -0.2) is 18.9 Å². The van der Waals surface area contributed by atoms with Crippen molar-refractivity contribution in [2.75, 3.05) is 5.32 Å². The first-order chi connectivity index (χ1) is 14.2. The van der Waals surface area contributed by atoms with E-state index in [-0.39, 0.29) is 33.4 Å². The number of benzene rings is 1. The van der Waals surface area contributed by atoms with E-state index in [4.69, 9.17) is 11.6 Å². The molecule has 30 heavy (non-hydrogen) atoms. The monoisotopic (exact) mass is 435 g/mol. The molecular weight excluding hydrogens is 426 g/mol. The lowest BCUT2D eigenvalue weighted by Crippen LogP contribution is -2.29. The third-order valence-corrected chi connectivity index (χ3v) is 4.32. The van der Waals surface area contributed by atoms with Gasteiger partial charge in [-0.3, -0.25) is 4.79 Å². The van der Waals surface area contributed by atoms with Crippen LogP contribution in [0, 0.1) is 5.82 Å². The van der Waals surface area contributed by atoms with Gasteiger partial charge in [0.1, 0.15) is 17.0 Å². The van der Waals surface area contributed by atoms with Crippen LogP contribution >= 0.6 is 11.6 Å². The highest BCUT2D eigenvalue weighted by Crippen LogP contribution is 2.36. The maximum Gasteiger partial charge on any atom is 0.471 e. The summed E-state index contributed by atoms with van der Waals surface area (Å²) in [4.78, 5) is 19.2. The molecule has 0 saturated heterocycles. The molecule has 0 radical (unpaired) electrons. The minimum Gasteiger partial charge on any atom is -0.318 e. The molecule has 0 aliphatic rings. The summed E-state index contributed by atoms with van der Waals surface area (Å²) in [6, 6.07) is 9.81. The fraction of sp³-hybridized carbons (Fsp3) is 0.0526. The molecular formula is C19H10ClF4N5O. The molecule has 3 aromatic heterocycles. The summed E-state index contributed by atoms with van der Waals surface area (Å²) in [7, 11) is 0. The Labute approximate surface area is 171 Å². The maximum atomic E-state index is 14.6. The van der Waals surface area contributed by atoms with Crippen molar-refractivity contribution in [1.29, 1.82) is 0 Å². The Morgan fingerprint density at radius 1 is 1.13 bits per heavy atom. The Bertz CT molecular complexity index is 1270. The number of nitrogens with one attached hydrogen (secondary N) is 1. The SMILES string of the molecule is O=C(Nc1cccc(-c2nn3cccc(F)c3c2-c2ccnc(Cl)n2)c1)C(F)(F)F. The molecule has 0 aliphatic carbocycles. The molecule has 3 heterocycles. The van der Waals surface area contributed by atoms with E-state index in [0.29, 0.717) is 5.56 Å². The van der Waals surface area contributed by atoms with E-state index in [1.807, 2.05) is 0 Å². The fourth-order valence-corrected chi connectivity index (χ4v) is 3.07. The van der Waals surface area contributed by atoms with Gasteiger partial charge in [0.2, 0.25) is 5.28 Å². The smallest absolute Gasteiger partial charge is 0.318 e. The second-order valence-electron chi connectivity index (χ2n) is 6.12. The third kappa shape index (κ3) is 3.69. The quantitative estimate of drug-likeness (QED) is 0.372. The molecule has 4 rings (SSSR count). The number of anilines is 1. The number of hydrogen-bond donors (Lipinski definition) is 1. The average molecular weight is 436 g/mol. The second kappa shape index (κ2) is 7.38. The van der Waals surface area contributed by atoms with Crippen LogP contribution in [0.3, 0.4) is 0 Å². The zero-order valence-corrected chi connectivity index (χ0v) is 15.5. The first-order valence-corrected chi connectivity index (χ1v) is 8.76. The van der Waals surface area contributed by atoms with Crippen LogP contribution in [0.25, 0.3) is 28.0 Å². The lowest BCUT2D eigenvalue weighted by molar-refractivity contribution is -0.167. The molecule has 1 N–H and O–H groups in total. The van der Waals surface area contributed by atoms with Crippen LogP contribution in [-0.4, -0.2) is 31.7 Å². The summed E-state index contributed by atoms with van der Waals surface area (Å²) in [6.45, 7) is 0. The molecule has 1 aromatic carbocycles. The molecule has 4 aromatic rings. The van der Waals surface area contributed by atoms with Crippen LogP contribution in [0.5, 0.6) is 0 Å². The van der Waals surface area contributed by atoms with Crippen LogP contribution in [0.1, 0.15) is 0 Å². The summed E-state index contributed by atoms with van der Waals surface area (Å²) in [5.41, 5.74) is 1.12. The van der Waals surface area contributed by atoms with Gasteiger partial charge in [0, 0.05) is 23.6 Å². The number of nitrogens with zero attached hydrogens (tertiary/aromatic N) is 4. The van der Waals surface area contributed by atoms with E-state index in [9.17, 15) is 22.4 Å². The number of fused-ring (bicyclic) bond motifs is 1. The first kappa shape index (κ1) is 19.8. The summed E-state index contributed by atoms with van der Waals surface area (Å²) in [5.74, 6) is -2.69. The Kier molecular flexibility index (Phi) is 4.86. The summed E-state index contributed by atoms with van der Waals surface area (Å²) in [6.07, 6.45) is -2.13. The van der Waals surface area contributed by atoms with Crippen LogP contribution in [-0.2, 0) is 4.79 Å². The van der Waals surface area contributed by atoms with Crippen molar-refractivity contribution in [3.05, 3.63) is 66.0 Å². The van der Waals surface area contributed by atoms with Crippen LogP contribution in [0.15, 0.2) is 54.9 Å². The average Bonchev–Trinajstić information content (AvgIpc) is 3.08. The van der Waals surface area contributed by atoms with Crippen molar-refractivity contribution in [2.45, 2.75) is 6.18 Å². The Morgan fingerprint density at radius 2 is 1.93 bits per heavy atom. The predicted molar refractivity (Wildman–Crippen MR) is 101 cm³/mol. The molecule has 0 atom stereocenters. The lowest BCUT2D eigenvalue weighted by atomic mass is 10.0. The number of rotatable bonds is 3. The lowest BCUT2D eigenvalue weighted by Gasteiger charge is -2.09. The number of alkyl halides is 3. The molecule has 11 heteroatoms. The van der Waals surface area contributed by atoms with Crippen LogP contribution in [0.4, 0.5) is 23.2 Å². The number of carbonyl (C=O) groups excluding carboxylic acids is 1. The number of halogens is 5. The summed E-state index contributed by atoms with van der Waals surface area (Å²) in [5, 5.41) is 6.07. The van der Waals surface area contributed by atoms with Gasteiger partial charge >= 0.3 is 12.1 Å². The van der Waals surface area contributed by atoms with Gasteiger partial charge in [0.05, 0.1) is 11.3 Å². The van der Waals surface area contributed by atoms with Crippen molar-refractivity contribution in [3.63, 3.8) is 0 Å². The first-order valence-electron chi connectivity index (χ1n) is 8.38. The highest BCUT2D eigenvalue weighted by atomic mass is 35.5. The zero-order valence-electron chi connectivity index (χ0n) is 14.8. The van der Waals surface area contributed by atoms with Crippen molar-refractivity contribution in [1.82, 2.24) is 19.6 Å². The van der Waals surface area contributed by atoms with Gasteiger partial charge < -0.3 is 5.32 Å². The molecule has 0 saturated carbocycles. The molecule has 1 amide bonds. The van der Waals surface area contributed by atoms with Gasteiger partial charge in [-0.15, -0.1) is 0 Å². The molecule has 0 fully saturated rings. The summed E-state index contributed by atoms with van der Waals surface area (Å²) >= 11 is 5.88. The van der Waals surface area contributed by atoms with Gasteiger partial charge in [-0.1, -0.05) is 12.1 Å². The Hall–Kier alpha value is -3.53. The zero-order chi connectivity index (χ0) is 21.5. The van der Waals surface area contributed by atoms with Crippen molar-refractivity contribution in [3.8, 4) is 22.5 Å². The molecule has 152 valence electrons. The van der Waals surface area contributed by atoms with E-state index in [1.165, 1.54) is 53.3 Å². The molecule has 6 nitrogen and oxygen atoms in total. The molecule has 0 unspecified atom stereocenters. The van der Waals surface area contributed by atoms with Gasteiger partial charge in [0.25, 0.3) is 0 Å². The van der Waals surface area contributed by atoms with E-state index in [2.05, 4.69) is 15.1 Å². The standard InChI is InChI=1S/C19H10ClF4N5O/c20-18-25-7-6-13(27-18)14-15(28-29-8-2-5-12(21)16(14)29)10-3-1-4-11(9-10)26-17(30)19(22,23)24/h1-9H,(H,26,30). The highest BCUT2D eigenvalue weighted by Gasteiger charge is 2.38. The number of aromatic nitrogens is 4. The normalized spacial score (nSPS) is 11.6. The third-order valence-electron chi connectivity index (χ3n) is 4.14. The predicted octanol–water partition coefficient (Wildman–Crippen LogP) is 4.75. The minimum atomic E-state index is -5.04. The number of pyridine rings is 1. The highest BCUT2D eigenvalue weighted by molar-refractivity contribution is 6.28. The topological polar surface area (TPSA) is 72.2 Å². The van der Waals surface area contributed by atoms with Crippen LogP contribution < -0.4 is 5.32 Å². The van der Waals surface area contributed by atoms with Crippen molar-refractivity contribution in [2.24, 2.45) is 0 Å². The molecule has 0 spiro atoms. The van der Waals surface area contributed by atoms with E-state index in [0.717, 1.165) is 0 Å². The maximum absolute atomic E-state index is 14.6. The van der Waals surface area contributed by atoms with Gasteiger partial charge in [0.15, 0.2) is 0 Å². The summed E-state index contributed by atoms with van der Waals surface area (Å²) < 4.78 is 53.6. The van der Waals surface area contributed by atoms with E-state index >= 15 is 0 Å². The van der Waals surface area contributed by atoms with Crippen LogP contribution in [0.2, 0.25) is 5.28 Å². The van der Waals surface area contributed by atoms with Crippen molar-refractivity contribution < 1.29 is 22.4 Å². The number of amides is 1. The number of hydrogen-bond acceptors (Lipinski definition) is 4. The largest absolute Gasteiger partial charge is 0.471 e. The molecule has 0 aliphatic heterocycles. The second-order valence-corrected chi connectivity index (χ2v) is 6.45. The number of carbonyl (C=O) groups is 1. The fourth-order valence-electron chi connectivity index (χ4n) is 2.92. The van der Waals surface area contributed by atoms with Gasteiger partial charge in [-0.2, -0.15) is 18.3 Å². The molecule has 0 bridgehead atoms. The van der Waals surface area contributed by atoms with Crippen molar-refractivity contribution >= 4 is 28.7 Å². The Morgan fingerprint density at radius 3 is 2.67 bits per heavy atom. The minimum absolute atomic E-state index is 0.0691. The van der Waals surface area contributed by atoms with E-state index in [1.54, 1.807) is 11.4 Å². The van der Waals surface area contributed by atoms with Gasteiger partial charge in [-0.05, 0) is 41.9 Å².